The SMILES string of the molecule is CC(=O)N[C@H](C(=O)N1C[C@H](O)C[C@H]1C(=O)NCc1ccc(-c2scnc2C)cc1)C(C)(C)C.CC(C)C(CS(=O)(=O)C(C)C)N1C(=O)[C@@](C)(CC(=O)O)C[C@H](c2cccc(Cl)c2)C1c1ccc(Cl)cc1.CCN1[C@@H](C(=O)CC23CCC(C(=O)O)(CC2)CC3)[C@H](c2cccc(Cl)c2F)[C@]2(C(=O)Nc3cc(Cl)ccc32)C12CCCCC2. The first-order valence-electron chi connectivity index (χ1n) is 39.6. The maximum Gasteiger partial charge on any atom is 0.309 e. The second kappa shape index (κ2) is 34.7. The Morgan fingerprint density at radius 3 is 1.99 bits per heavy atom. The van der Waals surface area contributed by atoms with Crippen LogP contribution in [0.4, 0.5) is 10.1 Å². The van der Waals surface area contributed by atoms with Gasteiger partial charge in [-0.1, -0.05) is 181 Å². The third-order valence-corrected chi connectivity index (χ3v) is 29.9. The van der Waals surface area contributed by atoms with Crippen LogP contribution < -0.4 is 16.0 Å². The number of likely N-dealkylation sites (tertiary alicyclic amines) is 3. The number of aliphatic hydroxyl groups is 1. The minimum atomic E-state index is -3.53. The molecule has 10 atom stereocenters. The molecule has 3 saturated heterocycles. The van der Waals surface area contributed by atoms with Gasteiger partial charge in [-0.05, 0) is 178 Å². The fourth-order valence-electron chi connectivity index (χ4n) is 19.7. The average molecular weight is 1680 g/mol. The lowest BCUT2D eigenvalue weighted by Gasteiger charge is -2.52. The molecule has 7 fully saturated rings. The van der Waals surface area contributed by atoms with Crippen LogP contribution in [0.15, 0.2) is 115 Å². The van der Waals surface area contributed by atoms with Gasteiger partial charge >= 0.3 is 11.9 Å². The highest BCUT2D eigenvalue weighted by Crippen LogP contribution is 2.68. The maximum atomic E-state index is 16.3. The van der Waals surface area contributed by atoms with E-state index in [1.54, 1.807) is 79.5 Å². The number of hydrogen-bond donors (Lipinski definition) is 6. The van der Waals surface area contributed by atoms with Gasteiger partial charge in [-0.15, -0.1) is 11.3 Å². The van der Waals surface area contributed by atoms with E-state index in [4.69, 9.17) is 46.4 Å². The van der Waals surface area contributed by atoms with Crippen LogP contribution in [-0.2, 0) is 60.2 Å². The summed E-state index contributed by atoms with van der Waals surface area (Å²) >= 11 is 27.0. The Morgan fingerprint density at radius 2 is 1.42 bits per heavy atom. The summed E-state index contributed by atoms with van der Waals surface area (Å²) in [4.78, 5) is 117. The van der Waals surface area contributed by atoms with Gasteiger partial charge in [-0.3, -0.25) is 43.3 Å². The zero-order chi connectivity index (χ0) is 83.1. The van der Waals surface area contributed by atoms with Crippen LogP contribution in [0, 0.1) is 40.3 Å². The van der Waals surface area contributed by atoms with Crippen LogP contribution in [0.3, 0.4) is 0 Å². The number of anilines is 1. The molecule has 8 aliphatic rings. The minimum Gasteiger partial charge on any atom is -0.481 e. The summed E-state index contributed by atoms with van der Waals surface area (Å²) in [7, 11) is -3.53. The standard InChI is InChI=1S/C35H39Cl2FN2O4.C28H35Cl2NO5S.C24H32N4O4S/c1-2-40-29(26(41)20-32-13-16-33(17-14-32,18-15-32)31(43)44)27(22-7-6-8-24(37)28(22)38)35(34(40)11-4-3-5-12-34)23-10-9-21(36)19-25(23)39-30(35)42;1-17(2)24(16-37(35,36)18(3)4)31-26(19-9-11-21(29)12-10-19)23(20-7-6-8-22(30)13-20)14-28(5,27(31)34)15-25(32)33;1-14-20(33-13-26-14)17-8-6-16(7-9-17)11-25-22(31)19-10-18(30)12-28(19)23(32)21(24(3,4)5)27-15(2)29/h6-10,19,27,29H,2-5,11-18,20H2,1H3,(H,39,42)(H,43,44);6-13,17-18,23-24,26H,14-16H2,1-5H3,(H,32,33);6-9,13,18-19,21,30H,10-12H2,1-5H3,(H,25,31)(H,27,29)/t27-,29-,32?,33?,35+;23-,24?,26?,28-;18-,19+,21-/m011/s1. The van der Waals surface area contributed by atoms with Gasteiger partial charge in [0.2, 0.25) is 29.5 Å². The van der Waals surface area contributed by atoms with E-state index in [2.05, 4.69) is 25.8 Å². The number of hydrogen-bond acceptors (Lipinski definition) is 14. The number of aryl methyl sites for hydroxylation is 1. The molecule has 4 aliphatic carbocycles. The number of aliphatic hydroxyl groups excluding tert-OH is 1. The first-order chi connectivity index (χ1) is 53.7. The number of β-amino-alcohol motifs (C(OH)–C–C–N with tert-alkyl or cyclic N) is 1. The smallest absolute Gasteiger partial charge is 0.309 e. The van der Waals surface area contributed by atoms with E-state index >= 15 is 9.18 Å². The molecule has 6 aromatic rings. The molecular weight excluding hydrogens is 1580 g/mol. The molecule has 5 amide bonds. The number of rotatable bonds is 21. The third-order valence-electron chi connectivity index (χ3n) is 25.6. The predicted octanol–water partition coefficient (Wildman–Crippen LogP) is 16.5. The Bertz CT molecular complexity index is 4720. The van der Waals surface area contributed by atoms with Gasteiger partial charge in [0.25, 0.3) is 0 Å². The number of ketones is 1. The summed E-state index contributed by atoms with van der Waals surface area (Å²) in [5, 5.41) is 39.5. The van der Waals surface area contributed by atoms with Crippen molar-refractivity contribution in [2.45, 2.75) is 243 Å². The lowest BCUT2D eigenvalue weighted by atomic mass is 9.52. The number of aliphatic carboxylic acids is 2. The van der Waals surface area contributed by atoms with E-state index in [1.165, 1.54) is 17.9 Å². The normalized spacial score (nSPS) is 26.3. The molecule has 114 heavy (non-hydrogen) atoms. The summed E-state index contributed by atoms with van der Waals surface area (Å²) in [6.45, 7) is 20.5. The lowest BCUT2D eigenvalue weighted by Crippen LogP contribution is -2.61. The largest absolute Gasteiger partial charge is 0.481 e. The number of fused-ring (bicyclic) bond motifs is 6. The number of carboxylic acids is 2. The number of aromatic nitrogens is 1. The molecule has 614 valence electrons. The van der Waals surface area contributed by atoms with E-state index in [9.17, 15) is 57.3 Å². The van der Waals surface area contributed by atoms with Crippen molar-refractivity contribution >= 4 is 121 Å². The number of amides is 5. The van der Waals surface area contributed by atoms with Crippen molar-refractivity contribution in [3.8, 4) is 10.4 Å². The topological polar surface area (TPSA) is 290 Å². The van der Waals surface area contributed by atoms with Gasteiger partial charge in [0.1, 0.15) is 23.3 Å². The maximum absolute atomic E-state index is 16.3. The number of carbonyl (C=O) groups excluding carboxylic acids is 6. The zero-order valence-electron chi connectivity index (χ0n) is 66.6. The molecule has 4 saturated carbocycles. The van der Waals surface area contributed by atoms with Crippen molar-refractivity contribution < 1.29 is 66.5 Å². The number of halogens is 5. The van der Waals surface area contributed by atoms with Crippen LogP contribution in [0.25, 0.3) is 10.4 Å². The fourth-order valence-corrected chi connectivity index (χ4v) is 22.6. The van der Waals surface area contributed by atoms with E-state index < -0.39 is 102 Å². The van der Waals surface area contributed by atoms with Gasteiger partial charge in [0.05, 0.1) is 67.5 Å². The molecule has 4 aliphatic heterocycles. The van der Waals surface area contributed by atoms with Gasteiger partial charge in [0, 0.05) is 77.0 Å². The van der Waals surface area contributed by atoms with Gasteiger partial charge in [0.15, 0.2) is 15.6 Å². The summed E-state index contributed by atoms with van der Waals surface area (Å²) in [5.74, 6) is -5.52. The summed E-state index contributed by atoms with van der Waals surface area (Å²) in [6, 6.07) is 29.2. The summed E-state index contributed by atoms with van der Waals surface area (Å²) in [5.41, 5.74) is 3.47. The Labute approximate surface area is 692 Å². The minimum absolute atomic E-state index is 0.0120. The number of nitrogens with one attached hydrogen (secondary N) is 3. The highest BCUT2D eigenvalue weighted by molar-refractivity contribution is 7.92. The first-order valence-corrected chi connectivity index (χ1v) is 43.7. The number of benzene rings is 5. The van der Waals surface area contributed by atoms with Crippen molar-refractivity contribution in [2.24, 2.45) is 27.6 Å². The molecule has 2 spiro atoms. The van der Waals surface area contributed by atoms with Crippen molar-refractivity contribution in [3.63, 3.8) is 0 Å². The number of carbonyl (C=O) groups is 8. The van der Waals surface area contributed by atoms with E-state index in [0.29, 0.717) is 97.2 Å². The number of carboxylic acid groups (broad SMARTS) is 2. The quantitative estimate of drug-likeness (QED) is 0.0390. The van der Waals surface area contributed by atoms with Gasteiger partial charge < -0.3 is 41.1 Å². The van der Waals surface area contributed by atoms with Crippen LogP contribution in [0.5, 0.6) is 0 Å². The molecule has 2 unspecified atom stereocenters. The molecule has 20 nitrogen and oxygen atoms in total. The number of piperidine rings is 1. The molecule has 6 N–H and O–H groups in total. The number of nitrogens with zero attached hydrogens (tertiary/aromatic N) is 4. The highest BCUT2D eigenvalue weighted by atomic mass is 35.5. The molecule has 5 heterocycles. The van der Waals surface area contributed by atoms with Crippen molar-refractivity contribution in [3.05, 3.63) is 174 Å². The van der Waals surface area contributed by atoms with Crippen LogP contribution in [0.2, 0.25) is 20.1 Å². The molecule has 14 rings (SSSR count). The van der Waals surface area contributed by atoms with Gasteiger partial charge in [-0.25, -0.2) is 17.8 Å². The third kappa shape index (κ3) is 17.3. The van der Waals surface area contributed by atoms with Crippen LogP contribution in [-0.4, -0.2) is 151 Å². The second-order valence-corrected chi connectivity index (χ2v) is 39.8. The second-order valence-electron chi connectivity index (χ2n) is 34.6. The van der Waals surface area contributed by atoms with Gasteiger partial charge in [-0.2, -0.15) is 0 Å². The highest BCUT2D eigenvalue weighted by Gasteiger charge is 2.75. The zero-order valence-corrected chi connectivity index (χ0v) is 71.3. The Hall–Kier alpha value is -7.35. The van der Waals surface area contributed by atoms with E-state index in [0.717, 1.165) is 57.7 Å². The van der Waals surface area contributed by atoms with Crippen LogP contribution >= 0.6 is 57.7 Å². The van der Waals surface area contributed by atoms with E-state index in [1.807, 2.05) is 115 Å². The Kier molecular flexibility index (Phi) is 26.6. The number of thiazole rings is 1. The molecule has 27 heteroatoms. The average Bonchev–Trinajstić information content (AvgIpc) is 1.49. The van der Waals surface area contributed by atoms with E-state index in [-0.39, 0.29) is 89.2 Å². The van der Waals surface area contributed by atoms with Crippen molar-refractivity contribution in [1.82, 2.24) is 30.3 Å². The molecule has 0 radical (unpaired) electrons. The lowest BCUT2D eigenvalue weighted by molar-refractivity contribution is -0.161. The Morgan fingerprint density at radius 1 is 0.789 bits per heavy atom. The predicted molar refractivity (Wildman–Crippen MR) is 443 cm³/mol. The molecule has 2 bridgehead atoms. The van der Waals surface area contributed by atoms with Crippen molar-refractivity contribution in [1.29, 1.82) is 0 Å². The number of likely N-dealkylation sites (N-methyl/N-ethyl adjacent to an activating group) is 1. The van der Waals surface area contributed by atoms with Crippen LogP contribution in [0.1, 0.15) is 217 Å². The molecule has 5 aromatic carbocycles. The summed E-state index contributed by atoms with van der Waals surface area (Å²) in [6.07, 6.45) is 7.66. The first kappa shape index (κ1) is 87.5. The molecular formula is C87H106Cl4FN7O13S2. The number of Topliss-reactive ketones (excluding diaryl/α,β-unsaturated/α-hetero) is 1. The number of sulfone groups is 1. The van der Waals surface area contributed by atoms with Crippen molar-refractivity contribution in [2.75, 3.05) is 24.2 Å². The fraction of sp³-hybridized carbons (Fsp3) is 0.529. The monoisotopic (exact) mass is 1680 g/mol. The summed E-state index contributed by atoms with van der Waals surface area (Å²) < 4.78 is 42.6. The molecule has 1 aromatic heterocycles. The Balaban J connectivity index is 0.000000171.